The molecule has 0 bridgehead atoms. The first kappa shape index (κ1) is 10.8. The van der Waals surface area contributed by atoms with Crippen molar-refractivity contribution in [2.45, 2.75) is 13.5 Å². The van der Waals surface area contributed by atoms with E-state index < -0.39 is 0 Å². The van der Waals surface area contributed by atoms with Crippen molar-refractivity contribution in [3.63, 3.8) is 0 Å². The molecule has 3 heteroatoms. The second kappa shape index (κ2) is 4.53. The van der Waals surface area contributed by atoms with Crippen molar-refractivity contribution >= 4 is 11.0 Å². The molecule has 18 heavy (non-hydrogen) atoms. The molecular formula is C15H14N2O. The number of aromatic amines is 1. The molecule has 0 saturated carbocycles. The maximum Gasteiger partial charge on any atom is 0.128 e. The predicted octanol–water partition coefficient (Wildman–Crippen LogP) is 3.45. The first-order chi connectivity index (χ1) is 8.81. The van der Waals surface area contributed by atoms with Gasteiger partial charge in [0.1, 0.15) is 12.4 Å². The smallest absolute Gasteiger partial charge is 0.128 e. The highest BCUT2D eigenvalue weighted by atomic mass is 16.5. The van der Waals surface area contributed by atoms with Gasteiger partial charge in [-0.3, -0.25) is 4.98 Å². The van der Waals surface area contributed by atoms with E-state index in [9.17, 15) is 0 Å². The lowest BCUT2D eigenvalue weighted by Gasteiger charge is -2.04. The molecule has 3 rings (SSSR count). The summed E-state index contributed by atoms with van der Waals surface area (Å²) in [5.41, 5.74) is 4.28. The van der Waals surface area contributed by atoms with Crippen LogP contribution in [0.5, 0.6) is 5.75 Å². The first-order valence-corrected chi connectivity index (χ1v) is 5.93. The van der Waals surface area contributed by atoms with Gasteiger partial charge in [0.15, 0.2) is 0 Å². The van der Waals surface area contributed by atoms with Gasteiger partial charge in [0.25, 0.3) is 0 Å². The van der Waals surface area contributed by atoms with Crippen molar-refractivity contribution in [1.82, 2.24) is 9.97 Å². The summed E-state index contributed by atoms with van der Waals surface area (Å²) in [7, 11) is 0. The van der Waals surface area contributed by atoms with Crippen LogP contribution in [0.3, 0.4) is 0 Å². The summed E-state index contributed by atoms with van der Waals surface area (Å²) in [6.07, 6.45) is 1.79. The molecule has 0 amide bonds. The number of aryl methyl sites for hydroxylation is 1. The maximum absolute atomic E-state index is 5.72. The second-order valence-electron chi connectivity index (χ2n) is 4.33. The Morgan fingerprint density at radius 1 is 1.17 bits per heavy atom. The maximum atomic E-state index is 5.72. The Morgan fingerprint density at radius 3 is 2.78 bits per heavy atom. The zero-order chi connectivity index (χ0) is 12.4. The van der Waals surface area contributed by atoms with E-state index in [1.54, 1.807) is 6.20 Å². The molecule has 1 aromatic carbocycles. The van der Waals surface area contributed by atoms with Gasteiger partial charge < -0.3 is 9.72 Å². The van der Waals surface area contributed by atoms with Crippen LogP contribution in [0.1, 0.15) is 11.3 Å². The van der Waals surface area contributed by atoms with Crippen LogP contribution < -0.4 is 4.74 Å². The van der Waals surface area contributed by atoms with Crippen molar-refractivity contribution in [3.05, 3.63) is 59.9 Å². The van der Waals surface area contributed by atoms with Crippen LogP contribution in [-0.4, -0.2) is 9.97 Å². The summed E-state index contributed by atoms with van der Waals surface area (Å²) in [6, 6.07) is 14.0. The zero-order valence-electron chi connectivity index (χ0n) is 10.2. The van der Waals surface area contributed by atoms with Gasteiger partial charge in [-0.05, 0) is 37.3 Å². The molecule has 0 saturated heterocycles. The number of ether oxygens (including phenoxy) is 1. The van der Waals surface area contributed by atoms with Crippen molar-refractivity contribution in [2.24, 2.45) is 0 Å². The number of H-pyrrole nitrogens is 1. The summed E-state index contributed by atoms with van der Waals surface area (Å²) >= 11 is 0. The average molecular weight is 238 g/mol. The molecule has 0 atom stereocenters. The third-order valence-corrected chi connectivity index (χ3v) is 2.86. The van der Waals surface area contributed by atoms with Gasteiger partial charge in [-0.2, -0.15) is 0 Å². The molecule has 2 heterocycles. The van der Waals surface area contributed by atoms with E-state index in [4.69, 9.17) is 4.74 Å². The number of hydrogen-bond acceptors (Lipinski definition) is 2. The van der Waals surface area contributed by atoms with Gasteiger partial charge >= 0.3 is 0 Å². The topological polar surface area (TPSA) is 37.9 Å². The Balaban J connectivity index is 1.74. The predicted molar refractivity (Wildman–Crippen MR) is 71.6 cm³/mol. The van der Waals surface area contributed by atoms with E-state index in [2.05, 4.69) is 16.9 Å². The molecule has 0 fully saturated rings. The van der Waals surface area contributed by atoms with Crippen LogP contribution in [0, 0.1) is 6.92 Å². The highest BCUT2D eigenvalue weighted by Gasteiger charge is 2.01. The number of nitrogens with zero attached hydrogens (tertiary/aromatic N) is 1. The van der Waals surface area contributed by atoms with Crippen LogP contribution in [0.2, 0.25) is 0 Å². The molecule has 1 N–H and O–H groups in total. The van der Waals surface area contributed by atoms with Crippen LogP contribution >= 0.6 is 0 Å². The number of benzene rings is 1. The van der Waals surface area contributed by atoms with E-state index >= 15 is 0 Å². The Kier molecular flexibility index (Phi) is 2.73. The van der Waals surface area contributed by atoms with Crippen molar-refractivity contribution in [3.8, 4) is 5.75 Å². The van der Waals surface area contributed by atoms with Gasteiger partial charge in [0.2, 0.25) is 0 Å². The van der Waals surface area contributed by atoms with Crippen molar-refractivity contribution < 1.29 is 4.74 Å². The third-order valence-electron chi connectivity index (χ3n) is 2.86. The highest BCUT2D eigenvalue weighted by Crippen LogP contribution is 2.16. The number of rotatable bonds is 3. The molecule has 2 aromatic heterocycles. The number of pyridine rings is 1. The molecule has 0 aliphatic rings. The molecule has 3 nitrogen and oxygen atoms in total. The van der Waals surface area contributed by atoms with Crippen molar-refractivity contribution in [2.75, 3.05) is 0 Å². The van der Waals surface area contributed by atoms with E-state index in [-0.39, 0.29) is 0 Å². The molecule has 0 unspecified atom stereocenters. The number of aromatic nitrogens is 2. The van der Waals surface area contributed by atoms with E-state index in [1.165, 1.54) is 5.56 Å². The number of hydrogen-bond donors (Lipinski definition) is 1. The van der Waals surface area contributed by atoms with E-state index in [1.807, 2.05) is 42.5 Å². The second-order valence-corrected chi connectivity index (χ2v) is 4.33. The lowest BCUT2D eigenvalue weighted by molar-refractivity contribution is 0.302. The average Bonchev–Trinajstić information content (AvgIpc) is 2.81. The summed E-state index contributed by atoms with van der Waals surface area (Å²) in [6.45, 7) is 2.59. The fourth-order valence-electron chi connectivity index (χ4n) is 1.89. The normalized spacial score (nSPS) is 10.7. The Labute approximate surface area is 105 Å². The Morgan fingerprint density at radius 2 is 2.00 bits per heavy atom. The minimum atomic E-state index is 0.527. The Bertz CT molecular complexity index is 623. The minimum absolute atomic E-state index is 0.527. The SMILES string of the molecule is Cc1ccc(OCc2cc3ncccc3[nH]2)cc1. The molecule has 3 aromatic rings. The lowest BCUT2D eigenvalue weighted by atomic mass is 10.2. The first-order valence-electron chi connectivity index (χ1n) is 5.93. The molecular weight excluding hydrogens is 224 g/mol. The van der Waals surface area contributed by atoms with E-state index in [0.29, 0.717) is 6.61 Å². The van der Waals surface area contributed by atoms with Gasteiger partial charge in [-0.15, -0.1) is 0 Å². The summed E-state index contributed by atoms with van der Waals surface area (Å²) < 4.78 is 5.72. The van der Waals surface area contributed by atoms with Gasteiger partial charge in [-0.1, -0.05) is 17.7 Å². The molecule has 0 aliphatic heterocycles. The zero-order valence-corrected chi connectivity index (χ0v) is 10.2. The van der Waals surface area contributed by atoms with Crippen molar-refractivity contribution in [1.29, 1.82) is 0 Å². The van der Waals surface area contributed by atoms with Crippen LogP contribution in [0.15, 0.2) is 48.7 Å². The molecule has 90 valence electrons. The lowest BCUT2D eigenvalue weighted by Crippen LogP contribution is -1.95. The highest BCUT2D eigenvalue weighted by molar-refractivity contribution is 5.75. The van der Waals surface area contributed by atoms with Crippen LogP contribution in [0.4, 0.5) is 0 Å². The fourth-order valence-corrected chi connectivity index (χ4v) is 1.89. The summed E-state index contributed by atoms with van der Waals surface area (Å²) in [5, 5.41) is 0. The van der Waals surface area contributed by atoms with Crippen LogP contribution in [-0.2, 0) is 6.61 Å². The number of fused-ring (bicyclic) bond motifs is 1. The third kappa shape index (κ3) is 2.20. The minimum Gasteiger partial charge on any atom is -0.487 e. The summed E-state index contributed by atoms with van der Waals surface area (Å²) in [4.78, 5) is 7.57. The van der Waals surface area contributed by atoms with Gasteiger partial charge in [0.05, 0.1) is 16.7 Å². The quantitative estimate of drug-likeness (QED) is 0.759. The van der Waals surface area contributed by atoms with E-state index in [0.717, 1.165) is 22.5 Å². The van der Waals surface area contributed by atoms with Gasteiger partial charge in [-0.25, -0.2) is 0 Å². The Hall–Kier alpha value is -2.29. The monoisotopic (exact) mass is 238 g/mol. The molecule has 0 spiro atoms. The van der Waals surface area contributed by atoms with Crippen LogP contribution in [0.25, 0.3) is 11.0 Å². The molecule has 0 radical (unpaired) electrons. The van der Waals surface area contributed by atoms with Gasteiger partial charge in [0, 0.05) is 6.20 Å². The summed E-state index contributed by atoms with van der Waals surface area (Å²) in [5.74, 6) is 0.882. The largest absolute Gasteiger partial charge is 0.487 e. The molecule has 0 aliphatic carbocycles. The number of nitrogens with one attached hydrogen (secondary N) is 1. The standard InChI is InChI=1S/C15H14N2O/c1-11-4-6-13(7-5-11)18-10-12-9-15-14(17-12)3-2-8-16-15/h2-9,17H,10H2,1H3. The fraction of sp³-hybridized carbons (Fsp3) is 0.133.